The molecule has 0 saturated heterocycles. The summed E-state index contributed by atoms with van der Waals surface area (Å²) in [5, 5.41) is 13.8. The summed E-state index contributed by atoms with van der Waals surface area (Å²) in [6, 6.07) is 3.95. The third-order valence-corrected chi connectivity index (χ3v) is 3.04. The fourth-order valence-electron chi connectivity index (χ4n) is 1.38. The Balaban J connectivity index is 2.89. The van der Waals surface area contributed by atoms with Crippen LogP contribution in [0.3, 0.4) is 0 Å². The van der Waals surface area contributed by atoms with Crippen LogP contribution in [0.15, 0.2) is 23.4 Å². The van der Waals surface area contributed by atoms with E-state index in [1.165, 1.54) is 12.1 Å². The van der Waals surface area contributed by atoms with Gasteiger partial charge in [-0.05, 0) is 24.1 Å². The predicted octanol–water partition coefficient (Wildman–Crippen LogP) is 2.15. The lowest BCUT2D eigenvalue weighted by Crippen LogP contribution is -2.25. The summed E-state index contributed by atoms with van der Waals surface area (Å²) in [5.74, 6) is -1.12. The number of anilines is 1. The highest BCUT2D eigenvalue weighted by atomic mass is 19.1. The van der Waals surface area contributed by atoms with Gasteiger partial charge in [0.25, 0.3) is 0 Å². The minimum Gasteiger partial charge on any atom is -0.409 e. The fourth-order valence-corrected chi connectivity index (χ4v) is 1.38. The van der Waals surface area contributed by atoms with Crippen molar-refractivity contribution in [3.8, 4) is 0 Å². The Bertz CT molecular complexity index is 501. The van der Waals surface area contributed by atoms with E-state index in [2.05, 4.69) is 10.5 Å². The van der Waals surface area contributed by atoms with Crippen LogP contribution in [-0.2, 0) is 4.79 Å². The largest absolute Gasteiger partial charge is 0.409 e. The first-order chi connectivity index (χ1) is 8.86. The van der Waals surface area contributed by atoms with Crippen LogP contribution in [0.5, 0.6) is 0 Å². The number of rotatable bonds is 4. The molecule has 1 atom stereocenters. The van der Waals surface area contributed by atoms with E-state index in [1.54, 1.807) is 6.92 Å². The molecule has 4 N–H and O–H groups in total. The third-order valence-electron chi connectivity index (χ3n) is 3.04. The monoisotopic (exact) mass is 267 g/mol. The fraction of sp³-hybridized carbons (Fsp3) is 0.385. The molecule has 0 aliphatic carbocycles. The van der Waals surface area contributed by atoms with Gasteiger partial charge in [0, 0.05) is 11.5 Å². The highest BCUT2D eigenvalue weighted by Crippen LogP contribution is 2.18. The molecular formula is C13H18FN3O2. The van der Waals surface area contributed by atoms with Gasteiger partial charge in [0.1, 0.15) is 5.82 Å². The van der Waals surface area contributed by atoms with Gasteiger partial charge >= 0.3 is 0 Å². The second-order valence-electron chi connectivity index (χ2n) is 4.70. The molecule has 0 radical (unpaired) electrons. The van der Waals surface area contributed by atoms with E-state index in [9.17, 15) is 9.18 Å². The number of benzene rings is 1. The summed E-state index contributed by atoms with van der Waals surface area (Å²) >= 11 is 0. The molecule has 0 aromatic heterocycles. The highest BCUT2D eigenvalue weighted by Gasteiger charge is 2.18. The molecule has 0 aliphatic heterocycles. The summed E-state index contributed by atoms with van der Waals surface area (Å²) in [4.78, 5) is 11.8. The molecule has 104 valence electrons. The first-order valence-electron chi connectivity index (χ1n) is 5.95. The quantitative estimate of drug-likeness (QED) is 0.338. The van der Waals surface area contributed by atoms with Gasteiger partial charge in [-0.2, -0.15) is 0 Å². The van der Waals surface area contributed by atoms with Crippen molar-refractivity contribution in [3.05, 3.63) is 29.6 Å². The Labute approximate surface area is 111 Å². The van der Waals surface area contributed by atoms with Gasteiger partial charge in [0.15, 0.2) is 5.84 Å². The number of hydrogen-bond donors (Lipinski definition) is 3. The summed E-state index contributed by atoms with van der Waals surface area (Å²) in [6.07, 6.45) is 0. The first-order valence-corrected chi connectivity index (χ1v) is 5.95. The van der Waals surface area contributed by atoms with Crippen LogP contribution >= 0.6 is 0 Å². The first kappa shape index (κ1) is 14.9. The zero-order chi connectivity index (χ0) is 14.6. The average molecular weight is 267 g/mol. The van der Waals surface area contributed by atoms with Gasteiger partial charge in [-0.1, -0.05) is 25.9 Å². The van der Waals surface area contributed by atoms with E-state index in [-0.39, 0.29) is 34.8 Å². The van der Waals surface area contributed by atoms with Crippen LogP contribution in [-0.4, -0.2) is 17.0 Å². The Morgan fingerprint density at radius 2 is 2.05 bits per heavy atom. The van der Waals surface area contributed by atoms with Gasteiger partial charge in [0.05, 0.1) is 5.69 Å². The molecule has 1 aromatic carbocycles. The van der Waals surface area contributed by atoms with Crippen molar-refractivity contribution in [3.63, 3.8) is 0 Å². The summed E-state index contributed by atoms with van der Waals surface area (Å²) in [5.41, 5.74) is 5.67. The van der Waals surface area contributed by atoms with Gasteiger partial charge in [0.2, 0.25) is 5.91 Å². The number of hydrogen-bond acceptors (Lipinski definition) is 3. The maximum Gasteiger partial charge on any atom is 0.227 e. The lowest BCUT2D eigenvalue weighted by atomic mass is 9.97. The number of halogens is 1. The standard InChI is InChI=1S/C13H18FN3O2/c1-7(2)8(3)13(18)16-11-5-4-9(6-10(11)14)12(15)17-19/h4-8,19H,1-3H3,(H2,15,17)(H,16,18). The van der Waals surface area contributed by atoms with E-state index in [0.29, 0.717) is 0 Å². The van der Waals surface area contributed by atoms with Crippen molar-refractivity contribution in [1.29, 1.82) is 0 Å². The summed E-state index contributed by atoms with van der Waals surface area (Å²) in [7, 11) is 0. The minimum absolute atomic E-state index is 0.0759. The topological polar surface area (TPSA) is 87.7 Å². The Hall–Kier alpha value is -2.11. The molecule has 0 heterocycles. The Morgan fingerprint density at radius 1 is 1.42 bits per heavy atom. The van der Waals surface area contributed by atoms with Crippen molar-refractivity contribution in [2.75, 3.05) is 5.32 Å². The molecule has 0 saturated carbocycles. The zero-order valence-electron chi connectivity index (χ0n) is 11.1. The Morgan fingerprint density at radius 3 is 2.53 bits per heavy atom. The molecule has 6 heteroatoms. The maximum atomic E-state index is 13.8. The van der Waals surface area contributed by atoms with Crippen LogP contribution in [0, 0.1) is 17.7 Å². The van der Waals surface area contributed by atoms with Crippen molar-refractivity contribution in [1.82, 2.24) is 0 Å². The normalized spacial score (nSPS) is 13.4. The number of nitrogens with one attached hydrogen (secondary N) is 1. The SMILES string of the molecule is CC(C)C(C)C(=O)Nc1ccc(/C(N)=N/O)cc1F. The van der Waals surface area contributed by atoms with Gasteiger partial charge < -0.3 is 16.3 Å². The number of nitrogens with zero attached hydrogens (tertiary/aromatic N) is 1. The van der Waals surface area contributed by atoms with E-state index in [0.717, 1.165) is 6.07 Å². The average Bonchev–Trinajstić information content (AvgIpc) is 2.38. The lowest BCUT2D eigenvalue weighted by molar-refractivity contribution is -0.120. The molecular weight excluding hydrogens is 249 g/mol. The van der Waals surface area contributed by atoms with Crippen LogP contribution in [0.25, 0.3) is 0 Å². The molecule has 0 bridgehead atoms. The van der Waals surface area contributed by atoms with Crippen molar-refractivity contribution in [2.24, 2.45) is 22.7 Å². The van der Waals surface area contributed by atoms with E-state index < -0.39 is 5.82 Å². The number of carbonyl (C=O) groups excluding carboxylic acids is 1. The van der Waals surface area contributed by atoms with Gasteiger partial charge in [-0.25, -0.2) is 4.39 Å². The molecule has 19 heavy (non-hydrogen) atoms. The molecule has 1 amide bonds. The third kappa shape index (κ3) is 3.67. The highest BCUT2D eigenvalue weighted by molar-refractivity contribution is 5.98. The lowest BCUT2D eigenvalue weighted by Gasteiger charge is -2.15. The minimum atomic E-state index is -0.631. The number of carbonyl (C=O) groups is 1. The van der Waals surface area contributed by atoms with E-state index in [4.69, 9.17) is 10.9 Å². The van der Waals surface area contributed by atoms with Crippen molar-refractivity contribution in [2.45, 2.75) is 20.8 Å². The van der Waals surface area contributed by atoms with E-state index in [1.807, 2.05) is 13.8 Å². The second kappa shape index (κ2) is 6.17. The number of amidine groups is 1. The molecule has 1 rings (SSSR count). The predicted molar refractivity (Wildman–Crippen MR) is 71.5 cm³/mol. The molecule has 5 nitrogen and oxygen atoms in total. The number of amides is 1. The van der Waals surface area contributed by atoms with Crippen LogP contribution in [0.4, 0.5) is 10.1 Å². The van der Waals surface area contributed by atoms with Crippen LogP contribution in [0.2, 0.25) is 0 Å². The molecule has 0 fully saturated rings. The van der Waals surface area contributed by atoms with Crippen molar-refractivity contribution < 1.29 is 14.4 Å². The maximum absolute atomic E-state index is 13.8. The van der Waals surface area contributed by atoms with Crippen molar-refractivity contribution >= 4 is 17.4 Å². The molecule has 1 aromatic rings. The van der Waals surface area contributed by atoms with Gasteiger partial charge in [-0.3, -0.25) is 4.79 Å². The van der Waals surface area contributed by atoms with Gasteiger partial charge in [-0.15, -0.1) is 0 Å². The Kier molecular flexibility index (Phi) is 4.86. The zero-order valence-corrected chi connectivity index (χ0v) is 11.1. The second-order valence-corrected chi connectivity index (χ2v) is 4.70. The van der Waals surface area contributed by atoms with Crippen LogP contribution in [0.1, 0.15) is 26.3 Å². The summed E-state index contributed by atoms with van der Waals surface area (Å²) in [6.45, 7) is 5.62. The smallest absolute Gasteiger partial charge is 0.227 e. The van der Waals surface area contributed by atoms with E-state index >= 15 is 0 Å². The number of oxime groups is 1. The summed E-state index contributed by atoms with van der Waals surface area (Å²) < 4.78 is 13.8. The molecule has 0 spiro atoms. The molecule has 1 unspecified atom stereocenters. The van der Waals surface area contributed by atoms with Crippen LogP contribution < -0.4 is 11.1 Å². The number of nitrogens with two attached hydrogens (primary N) is 1. The molecule has 0 aliphatic rings.